The molecule has 1 aromatic carbocycles. The molecule has 0 spiro atoms. The molecule has 0 bridgehead atoms. The fraction of sp³-hybridized carbons (Fsp3) is 0.300. The fourth-order valence-corrected chi connectivity index (χ4v) is 3.59. The van der Waals surface area contributed by atoms with Crippen LogP contribution in [0.3, 0.4) is 0 Å². The van der Waals surface area contributed by atoms with E-state index >= 15 is 0 Å². The van der Waals surface area contributed by atoms with Crippen LogP contribution in [0.1, 0.15) is 39.1 Å². The van der Waals surface area contributed by atoms with E-state index in [0.717, 1.165) is 33.6 Å². The van der Waals surface area contributed by atoms with E-state index < -0.39 is 0 Å². The van der Waals surface area contributed by atoms with E-state index in [1.54, 1.807) is 17.5 Å². The number of thiazole rings is 1. The maximum atomic E-state index is 6.01. The van der Waals surface area contributed by atoms with Gasteiger partial charge in [0.2, 0.25) is 5.89 Å². The Balaban J connectivity index is 1.65. The normalized spacial score (nSPS) is 12.4. The number of nitrogens with zero attached hydrogens (tertiary/aromatic N) is 4. The van der Waals surface area contributed by atoms with Gasteiger partial charge in [-0.15, -0.1) is 21.5 Å². The van der Waals surface area contributed by atoms with E-state index in [0.29, 0.717) is 17.6 Å². The predicted octanol–water partition coefficient (Wildman–Crippen LogP) is 4.72. The Labute approximate surface area is 172 Å². The monoisotopic (exact) mass is 409 g/mol. The SMILES string of the molecule is CCC(N)c1nnc(-c2cnc(Nc3ccc4ncsc4c3)cc2NC(C)C)o1. The second-order valence-corrected chi connectivity index (χ2v) is 7.92. The van der Waals surface area contributed by atoms with Crippen LogP contribution in [0.5, 0.6) is 0 Å². The number of anilines is 3. The molecule has 9 heteroatoms. The average molecular weight is 410 g/mol. The Morgan fingerprint density at radius 3 is 2.83 bits per heavy atom. The van der Waals surface area contributed by atoms with Crippen molar-refractivity contribution in [2.45, 2.75) is 39.3 Å². The van der Waals surface area contributed by atoms with Crippen LogP contribution in [0.4, 0.5) is 17.2 Å². The summed E-state index contributed by atoms with van der Waals surface area (Å²) in [7, 11) is 0. The molecule has 4 rings (SSSR count). The first-order chi connectivity index (χ1) is 14.0. The van der Waals surface area contributed by atoms with Crippen LogP contribution in [0.2, 0.25) is 0 Å². The largest absolute Gasteiger partial charge is 0.419 e. The minimum Gasteiger partial charge on any atom is -0.419 e. The maximum absolute atomic E-state index is 6.01. The lowest BCUT2D eigenvalue weighted by Gasteiger charge is -2.15. The highest BCUT2D eigenvalue weighted by Crippen LogP contribution is 2.31. The molecule has 8 nitrogen and oxygen atoms in total. The third-order valence-corrected chi connectivity index (χ3v) is 5.17. The van der Waals surface area contributed by atoms with Crippen LogP contribution in [-0.2, 0) is 0 Å². The van der Waals surface area contributed by atoms with E-state index in [2.05, 4.69) is 50.7 Å². The highest BCUT2D eigenvalue weighted by molar-refractivity contribution is 7.16. The van der Waals surface area contributed by atoms with E-state index in [-0.39, 0.29) is 12.1 Å². The molecular weight excluding hydrogens is 386 g/mol. The van der Waals surface area contributed by atoms with Crippen LogP contribution < -0.4 is 16.4 Å². The van der Waals surface area contributed by atoms with Gasteiger partial charge in [0.25, 0.3) is 5.89 Å². The summed E-state index contributed by atoms with van der Waals surface area (Å²) in [5.41, 5.74) is 11.4. The van der Waals surface area contributed by atoms with Gasteiger partial charge in [-0.1, -0.05) is 6.92 Å². The quantitative estimate of drug-likeness (QED) is 0.402. The van der Waals surface area contributed by atoms with Crippen LogP contribution >= 0.6 is 11.3 Å². The molecule has 1 atom stereocenters. The first-order valence-corrected chi connectivity index (χ1v) is 10.4. The number of pyridine rings is 1. The van der Waals surface area contributed by atoms with Crippen LogP contribution in [0.25, 0.3) is 21.7 Å². The number of nitrogens with one attached hydrogen (secondary N) is 2. The Kier molecular flexibility index (Phi) is 5.41. The van der Waals surface area contributed by atoms with Crippen molar-refractivity contribution < 1.29 is 4.42 Å². The summed E-state index contributed by atoms with van der Waals surface area (Å²) >= 11 is 1.61. The van der Waals surface area contributed by atoms with Crippen molar-refractivity contribution in [2.24, 2.45) is 5.73 Å². The number of fused-ring (bicyclic) bond motifs is 1. The first-order valence-electron chi connectivity index (χ1n) is 9.49. The topological polar surface area (TPSA) is 115 Å². The summed E-state index contributed by atoms with van der Waals surface area (Å²) in [4.78, 5) is 8.85. The Morgan fingerprint density at radius 2 is 2.03 bits per heavy atom. The zero-order chi connectivity index (χ0) is 20.4. The van der Waals surface area contributed by atoms with Gasteiger partial charge in [-0.05, 0) is 38.5 Å². The third kappa shape index (κ3) is 4.20. The second kappa shape index (κ2) is 8.14. The smallest absolute Gasteiger partial charge is 0.251 e. The summed E-state index contributed by atoms with van der Waals surface area (Å²) in [6, 6.07) is 7.94. The number of benzene rings is 1. The van der Waals surface area contributed by atoms with E-state index in [9.17, 15) is 0 Å². The molecule has 1 unspecified atom stereocenters. The zero-order valence-electron chi connectivity index (χ0n) is 16.5. The fourth-order valence-electron chi connectivity index (χ4n) is 2.87. The molecule has 4 N–H and O–H groups in total. The zero-order valence-corrected chi connectivity index (χ0v) is 17.3. The molecule has 29 heavy (non-hydrogen) atoms. The van der Waals surface area contributed by atoms with Gasteiger partial charge in [-0.25, -0.2) is 9.97 Å². The number of nitrogens with two attached hydrogens (primary N) is 1. The van der Waals surface area contributed by atoms with E-state index in [1.807, 2.05) is 30.6 Å². The van der Waals surface area contributed by atoms with Gasteiger partial charge < -0.3 is 20.8 Å². The number of hydrogen-bond acceptors (Lipinski definition) is 9. The van der Waals surface area contributed by atoms with Crippen molar-refractivity contribution in [2.75, 3.05) is 10.6 Å². The van der Waals surface area contributed by atoms with Crippen molar-refractivity contribution >= 4 is 38.7 Å². The first kappa shape index (κ1) is 19.3. The van der Waals surface area contributed by atoms with Gasteiger partial charge >= 0.3 is 0 Å². The molecule has 3 heterocycles. The second-order valence-electron chi connectivity index (χ2n) is 7.03. The Morgan fingerprint density at radius 1 is 1.17 bits per heavy atom. The van der Waals surface area contributed by atoms with Gasteiger partial charge in [-0.2, -0.15) is 0 Å². The van der Waals surface area contributed by atoms with Gasteiger partial charge in [0.15, 0.2) is 0 Å². The molecule has 4 aromatic rings. The number of rotatable bonds is 7. The molecule has 0 fully saturated rings. The van der Waals surface area contributed by atoms with Gasteiger partial charge in [0, 0.05) is 24.0 Å². The molecule has 0 radical (unpaired) electrons. The molecule has 0 aliphatic heterocycles. The lowest BCUT2D eigenvalue weighted by Crippen LogP contribution is -2.11. The lowest BCUT2D eigenvalue weighted by molar-refractivity contribution is 0.452. The molecule has 0 aliphatic carbocycles. The van der Waals surface area contributed by atoms with Gasteiger partial charge in [-0.3, -0.25) is 0 Å². The predicted molar refractivity (Wildman–Crippen MR) is 116 cm³/mol. The Hall–Kier alpha value is -3.04. The highest BCUT2D eigenvalue weighted by atomic mass is 32.1. The molecule has 0 saturated heterocycles. The third-order valence-electron chi connectivity index (χ3n) is 4.38. The molecule has 150 valence electrons. The number of hydrogen-bond donors (Lipinski definition) is 3. The molecule has 0 amide bonds. The summed E-state index contributed by atoms with van der Waals surface area (Å²) < 4.78 is 6.91. The van der Waals surface area contributed by atoms with Crippen LogP contribution in [0, 0.1) is 0 Å². The maximum Gasteiger partial charge on any atom is 0.251 e. The summed E-state index contributed by atoms with van der Waals surface area (Å²) in [5, 5.41) is 15.0. The van der Waals surface area contributed by atoms with Gasteiger partial charge in [0.05, 0.1) is 33.0 Å². The summed E-state index contributed by atoms with van der Waals surface area (Å²) in [6.07, 6.45) is 2.46. The minimum atomic E-state index is -0.270. The molecule has 0 saturated carbocycles. The standard InChI is InChI=1S/C20H23N7OS/c1-4-14(21)20-27-26-19(28-20)13-9-22-18(8-16(13)24-11(2)3)25-12-5-6-15-17(7-12)29-10-23-15/h5-11,14H,4,21H2,1-3H3,(H2,22,24,25). The average Bonchev–Trinajstić information content (AvgIpc) is 3.36. The molecule has 0 aliphatic rings. The molecular formula is C20H23N7OS. The van der Waals surface area contributed by atoms with E-state index in [1.165, 1.54) is 0 Å². The lowest BCUT2D eigenvalue weighted by atomic mass is 10.2. The van der Waals surface area contributed by atoms with Crippen LogP contribution in [-0.4, -0.2) is 26.2 Å². The highest BCUT2D eigenvalue weighted by Gasteiger charge is 2.18. The summed E-state index contributed by atoms with van der Waals surface area (Å²) in [5.74, 6) is 1.54. The minimum absolute atomic E-state index is 0.220. The summed E-state index contributed by atoms with van der Waals surface area (Å²) in [6.45, 7) is 6.12. The van der Waals surface area contributed by atoms with E-state index in [4.69, 9.17) is 10.2 Å². The van der Waals surface area contributed by atoms with Gasteiger partial charge in [0.1, 0.15) is 5.82 Å². The van der Waals surface area contributed by atoms with Crippen molar-refractivity contribution in [1.82, 2.24) is 20.2 Å². The van der Waals surface area contributed by atoms with Crippen molar-refractivity contribution in [3.63, 3.8) is 0 Å². The molecule has 3 aromatic heterocycles. The number of aromatic nitrogens is 4. The van der Waals surface area contributed by atoms with Crippen molar-refractivity contribution in [3.05, 3.63) is 41.9 Å². The van der Waals surface area contributed by atoms with Crippen LogP contribution in [0.15, 0.2) is 40.4 Å². The van der Waals surface area contributed by atoms with Crippen molar-refractivity contribution in [1.29, 1.82) is 0 Å². The Bertz CT molecular complexity index is 1120. The van der Waals surface area contributed by atoms with Crippen molar-refractivity contribution in [3.8, 4) is 11.5 Å².